The monoisotopic (exact) mass is 259 g/mol. The molecule has 1 heterocycles. The standard InChI is InChI=1S/C6H12O9S/c7-1-2-3(8)4(9)5(10)6(14-2)15-16(11,12)13/h2-10H,1H2,(H,11,12,13)/p-1/t2-,3-,4+,5-,6+/m1/s1. The summed E-state index contributed by atoms with van der Waals surface area (Å²) in [4.78, 5) is 0. The molecule has 0 aromatic rings. The van der Waals surface area contributed by atoms with Crippen molar-refractivity contribution in [3.05, 3.63) is 0 Å². The van der Waals surface area contributed by atoms with E-state index in [0.29, 0.717) is 0 Å². The second-order valence-corrected chi connectivity index (χ2v) is 4.21. The van der Waals surface area contributed by atoms with Crippen LogP contribution >= 0.6 is 0 Å². The first-order valence-electron chi connectivity index (χ1n) is 4.21. The van der Waals surface area contributed by atoms with Crippen molar-refractivity contribution < 1.29 is 42.3 Å². The third-order valence-corrected chi connectivity index (χ3v) is 2.49. The van der Waals surface area contributed by atoms with E-state index in [1.165, 1.54) is 0 Å². The minimum absolute atomic E-state index is 0.746. The van der Waals surface area contributed by atoms with Crippen molar-refractivity contribution in [3.63, 3.8) is 0 Å². The minimum atomic E-state index is -5.14. The minimum Gasteiger partial charge on any atom is -0.725 e. The Balaban J connectivity index is 2.79. The molecule has 1 aliphatic rings. The summed E-state index contributed by atoms with van der Waals surface area (Å²) in [6.07, 6.45) is -8.64. The lowest BCUT2D eigenvalue weighted by Crippen LogP contribution is -2.59. The number of aliphatic hydroxyl groups excluding tert-OH is 4. The van der Waals surface area contributed by atoms with Gasteiger partial charge in [-0.25, -0.2) is 12.6 Å². The molecule has 9 nitrogen and oxygen atoms in total. The second kappa shape index (κ2) is 4.89. The molecule has 0 bridgehead atoms. The highest BCUT2D eigenvalue weighted by Crippen LogP contribution is 2.22. The first-order chi connectivity index (χ1) is 7.26. The van der Waals surface area contributed by atoms with E-state index in [1.807, 2.05) is 0 Å². The van der Waals surface area contributed by atoms with E-state index in [-0.39, 0.29) is 0 Å². The summed E-state index contributed by atoms with van der Waals surface area (Å²) < 4.78 is 39.2. The molecule has 0 amide bonds. The molecule has 5 atom stereocenters. The van der Waals surface area contributed by atoms with Gasteiger partial charge in [0.1, 0.15) is 24.4 Å². The molecule has 1 aliphatic heterocycles. The molecule has 4 N–H and O–H groups in total. The van der Waals surface area contributed by atoms with Gasteiger partial charge in [-0.05, 0) is 0 Å². The van der Waals surface area contributed by atoms with Crippen LogP contribution in [0.4, 0.5) is 0 Å². The molecule has 0 radical (unpaired) electrons. The Labute approximate surface area is 90.8 Å². The van der Waals surface area contributed by atoms with E-state index in [2.05, 4.69) is 8.92 Å². The van der Waals surface area contributed by atoms with Gasteiger partial charge in [0.25, 0.3) is 0 Å². The second-order valence-electron chi connectivity index (χ2n) is 3.20. The molecule has 10 heteroatoms. The van der Waals surface area contributed by atoms with Gasteiger partial charge < -0.3 is 29.7 Å². The zero-order valence-corrected chi connectivity index (χ0v) is 8.65. The van der Waals surface area contributed by atoms with Crippen LogP contribution in [0, 0.1) is 0 Å². The van der Waals surface area contributed by atoms with Gasteiger partial charge in [-0.2, -0.15) is 0 Å². The van der Waals surface area contributed by atoms with Crippen LogP contribution in [0.2, 0.25) is 0 Å². The van der Waals surface area contributed by atoms with Crippen molar-refractivity contribution in [1.82, 2.24) is 0 Å². The van der Waals surface area contributed by atoms with E-state index in [1.54, 1.807) is 0 Å². The Morgan fingerprint density at radius 3 is 2.19 bits per heavy atom. The van der Waals surface area contributed by atoms with Gasteiger partial charge in [0.2, 0.25) is 16.7 Å². The normalized spacial score (nSPS) is 40.9. The number of rotatable bonds is 3. The van der Waals surface area contributed by atoms with Gasteiger partial charge in [0, 0.05) is 0 Å². The van der Waals surface area contributed by atoms with Crippen molar-refractivity contribution >= 4 is 10.4 Å². The highest BCUT2D eigenvalue weighted by atomic mass is 32.3. The third kappa shape index (κ3) is 3.09. The molecular weight excluding hydrogens is 248 g/mol. The predicted octanol–water partition coefficient (Wildman–Crippen LogP) is -3.74. The Hall–Kier alpha value is -0.330. The Bertz CT molecular complexity index is 325. The summed E-state index contributed by atoms with van der Waals surface area (Å²) in [5, 5.41) is 36.5. The summed E-state index contributed by atoms with van der Waals surface area (Å²) in [5.41, 5.74) is 0. The van der Waals surface area contributed by atoms with Crippen LogP contribution in [0.15, 0.2) is 0 Å². The summed E-state index contributed by atoms with van der Waals surface area (Å²) >= 11 is 0. The molecule has 1 rings (SSSR count). The van der Waals surface area contributed by atoms with Crippen molar-refractivity contribution in [1.29, 1.82) is 0 Å². The van der Waals surface area contributed by atoms with Crippen LogP contribution in [0.25, 0.3) is 0 Å². The van der Waals surface area contributed by atoms with Gasteiger partial charge in [-0.15, -0.1) is 0 Å². The Morgan fingerprint density at radius 1 is 1.19 bits per heavy atom. The first-order valence-corrected chi connectivity index (χ1v) is 5.54. The molecule has 0 aromatic carbocycles. The quantitative estimate of drug-likeness (QED) is 0.295. The van der Waals surface area contributed by atoms with Crippen molar-refractivity contribution in [2.45, 2.75) is 30.7 Å². The summed E-state index contributed by atoms with van der Waals surface area (Å²) in [5.74, 6) is 0. The van der Waals surface area contributed by atoms with Gasteiger partial charge >= 0.3 is 0 Å². The van der Waals surface area contributed by atoms with Crippen LogP contribution in [0.5, 0.6) is 0 Å². The topological polar surface area (TPSA) is 157 Å². The first kappa shape index (κ1) is 13.7. The van der Waals surface area contributed by atoms with Gasteiger partial charge in [-0.1, -0.05) is 0 Å². The van der Waals surface area contributed by atoms with E-state index in [4.69, 9.17) is 5.11 Å². The number of aliphatic hydroxyl groups is 4. The Morgan fingerprint density at radius 2 is 1.75 bits per heavy atom. The third-order valence-electron chi connectivity index (χ3n) is 2.06. The maximum absolute atomic E-state index is 10.3. The van der Waals surface area contributed by atoms with Crippen LogP contribution in [-0.4, -0.2) is 70.7 Å². The van der Waals surface area contributed by atoms with Crippen LogP contribution in [-0.2, 0) is 19.3 Å². The van der Waals surface area contributed by atoms with Gasteiger partial charge in [0.15, 0.2) is 0 Å². The molecule has 16 heavy (non-hydrogen) atoms. The summed E-state index contributed by atoms with van der Waals surface area (Å²) in [7, 11) is -5.14. The van der Waals surface area contributed by atoms with Gasteiger partial charge in [-0.3, -0.25) is 0 Å². The van der Waals surface area contributed by atoms with E-state index >= 15 is 0 Å². The van der Waals surface area contributed by atoms with Crippen molar-refractivity contribution in [2.75, 3.05) is 6.61 Å². The number of hydrogen-bond acceptors (Lipinski definition) is 9. The van der Waals surface area contributed by atoms with Crippen molar-refractivity contribution in [2.24, 2.45) is 0 Å². The number of ether oxygens (including phenoxy) is 1. The molecule has 0 aromatic heterocycles. The fraction of sp³-hybridized carbons (Fsp3) is 1.00. The summed E-state index contributed by atoms with van der Waals surface area (Å²) in [6.45, 7) is -0.746. The van der Waals surface area contributed by atoms with E-state index in [0.717, 1.165) is 0 Å². The Kier molecular flexibility index (Phi) is 4.20. The maximum atomic E-state index is 10.3. The number of hydrogen-bond donors (Lipinski definition) is 4. The predicted molar refractivity (Wildman–Crippen MR) is 44.5 cm³/mol. The lowest BCUT2D eigenvalue weighted by atomic mass is 10.00. The van der Waals surface area contributed by atoms with Crippen LogP contribution < -0.4 is 0 Å². The average Bonchev–Trinajstić information content (AvgIpc) is 2.17. The highest BCUT2D eigenvalue weighted by Gasteiger charge is 2.44. The molecule has 0 saturated carbocycles. The highest BCUT2D eigenvalue weighted by molar-refractivity contribution is 7.80. The van der Waals surface area contributed by atoms with Gasteiger partial charge in [0.05, 0.1) is 6.61 Å². The molecule has 1 saturated heterocycles. The smallest absolute Gasteiger partial charge is 0.220 e. The van der Waals surface area contributed by atoms with E-state index < -0.39 is 47.7 Å². The molecule has 1 fully saturated rings. The maximum Gasteiger partial charge on any atom is 0.220 e. The largest absolute Gasteiger partial charge is 0.725 e. The fourth-order valence-electron chi connectivity index (χ4n) is 1.26. The SMILES string of the molecule is O=S(=O)([O-])O[C@@H]1O[C@H](CO)[C@@H](O)[C@H](O)[C@H]1O. The molecule has 0 spiro atoms. The molecule has 0 unspecified atom stereocenters. The van der Waals surface area contributed by atoms with Crippen LogP contribution in [0.1, 0.15) is 0 Å². The lowest BCUT2D eigenvalue weighted by molar-refractivity contribution is -0.277. The zero-order chi connectivity index (χ0) is 12.5. The molecule has 96 valence electrons. The van der Waals surface area contributed by atoms with E-state index in [9.17, 15) is 28.3 Å². The molecule has 0 aliphatic carbocycles. The average molecular weight is 259 g/mol. The lowest BCUT2D eigenvalue weighted by Gasteiger charge is -2.39. The van der Waals surface area contributed by atoms with Crippen LogP contribution in [0.3, 0.4) is 0 Å². The fourth-order valence-corrected chi connectivity index (χ4v) is 1.65. The molecular formula is C6H11O9S-. The van der Waals surface area contributed by atoms with Crippen molar-refractivity contribution in [3.8, 4) is 0 Å². The summed E-state index contributed by atoms with van der Waals surface area (Å²) in [6, 6.07) is 0. The zero-order valence-electron chi connectivity index (χ0n) is 7.83.